The Bertz CT molecular complexity index is 170. The first-order valence-corrected chi connectivity index (χ1v) is 7.61. The Balaban J connectivity index is 3.29. The van der Waals surface area contributed by atoms with Gasteiger partial charge in [0.1, 0.15) is 0 Å². The molecule has 0 saturated heterocycles. The largest absolute Gasteiger partial charge is 0.396 e. The fraction of sp³-hybridized carbons (Fsp3) is 1.00. The molecule has 0 fully saturated rings. The quantitative estimate of drug-likeness (QED) is 0.643. The van der Waals surface area contributed by atoms with Crippen LogP contribution < -0.4 is 0 Å². The van der Waals surface area contributed by atoms with Crippen molar-refractivity contribution in [3.05, 3.63) is 0 Å². The van der Waals surface area contributed by atoms with E-state index in [0.717, 1.165) is 6.42 Å². The van der Waals surface area contributed by atoms with E-state index in [1.807, 2.05) is 0 Å². The van der Waals surface area contributed by atoms with Crippen molar-refractivity contribution in [1.82, 2.24) is 0 Å². The maximum atomic E-state index is 9.12. The lowest BCUT2D eigenvalue weighted by Crippen LogP contribution is -2.16. The normalized spacial score (nSPS) is 13.1. The Morgan fingerprint density at radius 2 is 1.38 bits per heavy atom. The summed E-state index contributed by atoms with van der Waals surface area (Å²) in [6, 6.07) is 0. The summed E-state index contributed by atoms with van der Waals surface area (Å²) in [4.78, 5) is 0. The van der Waals surface area contributed by atoms with Crippen LogP contribution in [0.25, 0.3) is 0 Å². The number of hydrogen-bond donors (Lipinski definition) is 1. The molecule has 0 radical (unpaired) electrons. The number of rotatable bonds is 8. The maximum absolute atomic E-state index is 9.12. The summed E-state index contributed by atoms with van der Waals surface area (Å²) in [5.74, 6) is 2.53. The highest BCUT2D eigenvalue weighted by molar-refractivity contribution is 7.99. The third-order valence-corrected chi connectivity index (χ3v) is 3.94. The van der Waals surface area contributed by atoms with Gasteiger partial charge >= 0.3 is 0 Å². The molecule has 2 heteroatoms. The maximum Gasteiger partial charge on any atom is 0.0482 e. The highest BCUT2D eigenvalue weighted by Gasteiger charge is 2.15. The topological polar surface area (TPSA) is 20.2 Å². The highest BCUT2D eigenvalue weighted by Crippen LogP contribution is 2.24. The molecule has 16 heavy (non-hydrogen) atoms. The van der Waals surface area contributed by atoms with Gasteiger partial charge in [0, 0.05) is 6.61 Å². The Kier molecular flexibility index (Phi) is 7.75. The van der Waals surface area contributed by atoms with E-state index >= 15 is 0 Å². The van der Waals surface area contributed by atoms with Crippen molar-refractivity contribution in [1.29, 1.82) is 0 Å². The van der Waals surface area contributed by atoms with Gasteiger partial charge in [0.15, 0.2) is 0 Å². The first-order valence-electron chi connectivity index (χ1n) is 6.45. The van der Waals surface area contributed by atoms with E-state index in [4.69, 9.17) is 5.11 Å². The van der Waals surface area contributed by atoms with Crippen LogP contribution in [0.2, 0.25) is 0 Å². The van der Waals surface area contributed by atoms with Crippen molar-refractivity contribution < 1.29 is 5.11 Å². The number of aliphatic hydroxyl groups is 1. The van der Waals surface area contributed by atoms with Crippen LogP contribution in [0.5, 0.6) is 0 Å². The molecule has 0 saturated carbocycles. The summed E-state index contributed by atoms with van der Waals surface area (Å²) in [6.45, 7) is 11.5. The summed E-state index contributed by atoms with van der Waals surface area (Å²) < 4.78 is 0. The lowest BCUT2D eigenvalue weighted by Gasteiger charge is -2.21. The van der Waals surface area contributed by atoms with Gasteiger partial charge in [-0.1, -0.05) is 34.6 Å². The summed E-state index contributed by atoms with van der Waals surface area (Å²) in [7, 11) is 0. The summed E-state index contributed by atoms with van der Waals surface area (Å²) in [6.07, 6.45) is 5.02. The molecule has 0 bridgehead atoms. The van der Waals surface area contributed by atoms with Gasteiger partial charge in [0.2, 0.25) is 0 Å². The molecule has 0 aliphatic carbocycles. The van der Waals surface area contributed by atoms with Crippen molar-refractivity contribution >= 4 is 11.8 Å². The first kappa shape index (κ1) is 16.3. The van der Waals surface area contributed by atoms with Gasteiger partial charge < -0.3 is 5.11 Å². The molecule has 0 atom stereocenters. The minimum absolute atomic E-state index is 0.117. The molecule has 0 unspecified atom stereocenters. The molecule has 0 aromatic carbocycles. The fourth-order valence-electron chi connectivity index (χ4n) is 1.54. The van der Waals surface area contributed by atoms with E-state index in [-0.39, 0.29) is 5.41 Å². The second-order valence-corrected chi connectivity index (χ2v) is 7.93. The Morgan fingerprint density at radius 3 is 1.81 bits per heavy atom. The van der Waals surface area contributed by atoms with Crippen molar-refractivity contribution in [3.8, 4) is 0 Å². The lowest BCUT2D eigenvalue weighted by atomic mass is 9.89. The van der Waals surface area contributed by atoms with Crippen molar-refractivity contribution in [2.75, 3.05) is 18.1 Å². The smallest absolute Gasteiger partial charge is 0.0482 e. The fourth-order valence-corrected chi connectivity index (χ4v) is 2.44. The van der Waals surface area contributed by atoms with Crippen LogP contribution >= 0.6 is 11.8 Å². The number of hydrogen-bond acceptors (Lipinski definition) is 2. The monoisotopic (exact) mass is 246 g/mol. The zero-order valence-corrected chi connectivity index (χ0v) is 12.6. The zero-order valence-electron chi connectivity index (χ0n) is 11.8. The van der Waals surface area contributed by atoms with Crippen molar-refractivity contribution in [3.63, 3.8) is 0 Å². The predicted molar refractivity (Wildman–Crippen MR) is 76.1 cm³/mol. The van der Waals surface area contributed by atoms with E-state index in [2.05, 4.69) is 46.4 Å². The van der Waals surface area contributed by atoms with Gasteiger partial charge in [-0.2, -0.15) is 11.8 Å². The lowest BCUT2D eigenvalue weighted by molar-refractivity contribution is 0.150. The summed E-state index contributed by atoms with van der Waals surface area (Å²) >= 11 is 2.06. The van der Waals surface area contributed by atoms with Gasteiger partial charge in [-0.15, -0.1) is 0 Å². The van der Waals surface area contributed by atoms with Crippen LogP contribution in [0.15, 0.2) is 0 Å². The van der Waals surface area contributed by atoms with E-state index in [9.17, 15) is 0 Å². The predicted octanol–water partition coefficient (Wildman–Crippen LogP) is 4.34. The molecule has 1 nitrogen and oxygen atoms in total. The molecule has 1 N–H and O–H groups in total. The summed E-state index contributed by atoms with van der Waals surface area (Å²) in [5, 5.41) is 9.12. The van der Waals surface area contributed by atoms with Gasteiger partial charge in [-0.3, -0.25) is 0 Å². The molecule has 0 amide bonds. The van der Waals surface area contributed by atoms with Gasteiger partial charge in [0.25, 0.3) is 0 Å². The molecule has 0 aromatic heterocycles. The SMILES string of the molecule is CC(C)(C)CCCSCCCC(C)(C)CO. The molecule has 0 rings (SSSR count). The highest BCUT2D eigenvalue weighted by atomic mass is 32.2. The van der Waals surface area contributed by atoms with Crippen LogP contribution in [0.1, 0.15) is 60.3 Å². The molecule has 0 aromatic rings. The second kappa shape index (κ2) is 7.60. The molecule has 0 heterocycles. The Hall–Kier alpha value is 0.310. The van der Waals surface area contributed by atoms with Gasteiger partial charge in [0.05, 0.1) is 0 Å². The van der Waals surface area contributed by atoms with E-state index in [0.29, 0.717) is 12.0 Å². The molecular formula is C14H30OS. The van der Waals surface area contributed by atoms with Crippen LogP contribution in [-0.4, -0.2) is 23.2 Å². The van der Waals surface area contributed by atoms with Gasteiger partial charge in [-0.05, 0) is 48.0 Å². The number of aliphatic hydroxyl groups excluding tert-OH is 1. The van der Waals surface area contributed by atoms with E-state index in [1.54, 1.807) is 0 Å². The first-order chi connectivity index (χ1) is 7.27. The zero-order chi connectivity index (χ0) is 12.7. The minimum atomic E-state index is 0.117. The molecular weight excluding hydrogens is 216 g/mol. The van der Waals surface area contributed by atoms with Crippen LogP contribution in [-0.2, 0) is 0 Å². The van der Waals surface area contributed by atoms with Crippen LogP contribution in [0.4, 0.5) is 0 Å². The Labute approximate surface area is 106 Å². The van der Waals surface area contributed by atoms with Crippen LogP contribution in [0.3, 0.4) is 0 Å². The number of thioether (sulfide) groups is 1. The average Bonchev–Trinajstić information content (AvgIpc) is 2.14. The molecule has 0 spiro atoms. The minimum Gasteiger partial charge on any atom is -0.396 e. The van der Waals surface area contributed by atoms with Gasteiger partial charge in [-0.25, -0.2) is 0 Å². The Morgan fingerprint density at radius 1 is 0.875 bits per heavy atom. The average molecular weight is 246 g/mol. The summed E-state index contributed by atoms with van der Waals surface area (Å²) in [5.41, 5.74) is 0.603. The third-order valence-electron chi connectivity index (χ3n) is 2.79. The second-order valence-electron chi connectivity index (χ2n) is 6.70. The standard InChI is InChI=1S/C14H30OS/c1-13(2,3)8-6-10-16-11-7-9-14(4,5)12-15/h15H,6-12H2,1-5H3. The molecule has 98 valence electrons. The van der Waals surface area contributed by atoms with E-state index in [1.165, 1.54) is 30.8 Å². The third kappa shape index (κ3) is 10.8. The molecule has 0 aliphatic heterocycles. The van der Waals surface area contributed by atoms with Crippen molar-refractivity contribution in [2.45, 2.75) is 60.3 Å². The van der Waals surface area contributed by atoms with Crippen molar-refractivity contribution in [2.24, 2.45) is 10.8 Å². The molecule has 0 aliphatic rings. The van der Waals surface area contributed by atoms with E-state index < -0.39 is 0 Å². The van der Waals surface area contributed by atoms with Crippen LogP contribution in [0, 0.1) is 10.8 Å².